The Bertz CT molecular complexity index is 1130. The van der Waals surface area contributed by atoms with Gasteiger partial charge in [0, 0.05) is 47.8 Å². The molecule has 0 spiro atoms. The number of halogens is 1. The monoisotopic (exact) mass is 407 g/mol. The molecule has 1 saturated heterocycles. The van der Waals surface area contributed by atoms with Crippen LogP contribution in [0.2, 0.25) is 0 Å². The first-order chi connectivity index (χ1) is 14.4. The first-order valence-electron chi connectivity index (χ1n) is 9.85. The zero-order valence-electron chi connectivity index (χ0n) is 16.8. The van der Waals surface area contributed by atoms with Crippen molar-refractivity contribution in [3.8, 4) is 0 Å². The first kappa shape index (κ1) is 19.8. The van der Waals surface area contributed by atoms with Crippen LogP contribution in [0.1, 0.15) is 34.6 Å². The fourth-order valence-electron chi connectivity index (χ4n) is 4.00. The number of aromatic amines is 1. The number of Topliss-reactive ketones (excluding diaryl/α,β-unsaturated/α-hetero) is 1. The van der Waals surface area contributed by atoms with Crippen molar-refractivity contribution < 1.29 is 18.8 Å². The highest BCUT2D eigenvalue weighted by Crippen LogP contribution is 2.24. The summed E-state index contributed by atoms with van der Waals surface area (Å²) in [4.78, 5) is 44.8. The lowest BCUT2D eigenvalue weighted by Gasteiger charge is -2.43. The summed E-state index contributed by atoms with van der Waals surface area (Å²) in [5.41, 5.74) is 1.07. The number of benzene rings is 2. The number of amides is 2. The SMILES string of the molecule is C[C@@H]1CN(C(=O)C(=O)c2c[nH]c3cccc(F)c23)[C@@H](C)CN1C(=O)c1ccccc1. The van der Waals surface area contributed by atoms with Crippen molar-refractivity contribution in [3.63, 3.8) is 0 Å². The first-order valence-corrected chi connectivity index (χ1v) is 9.85. The number of carbonyl (C=O) groups excluding carboxylic acids is 3. The number of nitrogens with one attached hydrogen (secondary N) is 1. The Morgan fingerprint density at radius 3 is 2.33 bits per heavy atom. The van der Waals surface area contributed by atoms with Gasteiger partial charge in [0.2, 0.25) is 0 Å². The molecule has 1 aliphatic rings. The average Bonchev–Trinajstić information content (AvgIpc) is 3.19. The van der Waals surface area contributed by atoms with E-state index in [4.69, 9.17) is 0 Å². The number of aromatic nitrogens is 1. The minimum Gasteiger partial charge on any atom is -0.360 e. The van der Waals surface area contributed by atoms with Gasteiger partial charge in [-0.2, -0.15) is 0 Å². The zero-order chi connectivity index (χ0) is 21.4. The number of piperazine rings is 1. The van der Waals surface area contributed by atoms with E-state index in [-0.39, 0.29) is 35.5 Å². The molecule has 0 radical (unpaired) electrons. The summed E-state index contributed by atoms with van der Waals surface area (Å²) < 4.78 is 14.2. The van der Waals surface area contributed by atoms with Crippen molar-refractivity contribution >= 4 is 28.5 Å². The second-order valence-corrected chi connectivity index (χ2v) is 7.67. The predicted octanol–water partition coefficient (Wildman–Crippen LogP) is 3.25. The molecular weight excluding hydrogens is 385 g/mol. The Labute approximate surface area is 173 Å². The van der Waals surface area contributed by atoms with E-state index in [0.29, 0.717) is 17.6 Å². The third kappa shape index (κ3) is 3.36. The number of nitrogens with zero attached hydrogens (tertiary/aromatic N) is 2. The van der Waals surface area contributed by atoms with Crippen LogP contribution in [0.15, 0.2) is 54.7 Å². The summed E-state index contributed by atoms with van der Waals surface area (Å²) in [7, 11) is 0. The summed E-state index contributed by atoms with van der Waals surface area (Å²) in [6.07, 6.45) is 1.37. The van der Waals surface area contributed by atoms with Crippen molar-refractivity contribution in [3.05, 3.63) is 71.7 Å². The smallest absolute Gasteiger partial charge is 0.295 e. The minimum absolute atomic E-state index is 0.0238. The topological polar surface area (TPSA) is 73.5 Å². The van der Waals surface area contributed by atoms with Gasteiger partial charge in [0.25, 0.3) is 17.6 Å². The molecule has 2 aromatic carbocycles. The van der Waals surface area contributed by atoms with E-state index in [2.05, 4.69) is 4.98 Å². The maximum Gasteiger partial charge on any atom is 0.295 e. The van der Waals surface area contributed by atoms with E-state index in [9.17, 15) is 18.8 Å². The van der Waals surface area contributed by atoms with Crippen LogP contribution in [0, 0.1) is 5.82 Å². The Balaban J connectivity index is 1.54. The summed E-state index contributed by atoms with van der Waals surface area (Å²) >= 11 is 0. The Morgan fingerprint density at radius 2 is 1.60 bits per heavy atom. The number of hydrogen-bond acceptors (Lipinski definition) is 3. The molecule has 2 amide bonds. The highest BCUT2D eigenvalue weighted by atomic mass is 19.1. The summed E-state index contributed by atoms with van der Waals surface area (Å²) in [6.45, 7) is 4.20. The molecule has 0 bridgehead atoms. The second kappa shape index (κ2) is 7.74. The predicted molar refractivity (Wildman–Crippen MR) is 111 cm³/mol. The van der Waals surface area contributed by atoms with Gasteiger partial charge in [-0.15, -0.1) is 0 Å². The third-order valence-corrected chi connectivity index (χ3v) is 5.62. The molecule has 7 heteroatoms. The molecule has 0 unspecified atom stereocenters. The quantitative estimate of drug-likeness (QED) is 0.535. The third-order valence-electron chi connectivity index (χ3n) is 5.62. The Morgan fingerprint density at radius 1 is 0.933 bits per heavy atom. The average molecular weight is 407 g/mol. The number of carbonyl (C=O) groups is 3. The Kier molecular flexibility index (Phi) is 5.11. The number of H-pyrrole nitrogens is 1. The molecule has 1 fully saturated rings. The number of fused-ring (bicyclic) bond motifs is 1. The summed E-state index contributed by atoms with van der Waals surface area (Å²) in [5.74, 6) is -2.10. The van der Waals surface area contributed by atoms with E-state index in [0.717, 1.165) is 0 Å². The molecule has 4 rings (SSSR count). The number of ketones is 1. The van der Waals surface area contributed by atoms with Gasteiger partial charge >= 0.3 is 0 Å². The van der Waals surface area contributed by atoms with Crippen molar-refractivity contribution in [1.82, 2.24) is 14.8 Å². The van der Waals surface area contributed by atoms with Gasteiger partial charge in [-0.1, -0.05) is 24.3 Å². The lowest BCUT2D eigenvalue weighted by atomic mass is 10.0. The van der Waals surface area contributed by atoms with Crippen LogP contribution in [-0.2, 0) is 4.79 Å². The number of rotatable bonds is 3. The molecule has 1 aromatic heterocycles. The summed E-state index contributed by atoms with van der Waals surface area (Å²) in [6, 6.07) is 12.8. The van der Waals surface area contributed by atoms with Gasteiger partial charge in [0.15, 0.2) is 0 Å². The van der Waals surface area contributed by atoms with Gasteiger partial charge in [-0.3, -0.25) is 14.4 Å². The van der Waals surface area contributed by atoms with E-state index in [1.54, 1.807) is 42.2 Å². The van der Waals surface area contributed by atoms with Crippen LogP contribution < -0.4 is 0 Å². The largest absolute Gasteiger partial charge is 0.360 e. The van der Waals surface area contributed by atoms with Gasteiger partial charge in [0.1, 0.15) is 5.82 Å². The maximum atomic E-state index is 14.2. The normalized spacial score (nSPS) is 19.2. The molecule has 2 heterocycles. The van der Waals surface area contributed by atoms with E-state index >= 15 is 0 Å². The molecule has 3 aromatic rings. The molecule has 0 saturated carbocycles. The van der Waals surface area contributed by atoms with Crippen molar-refractivity contribution in [1.29, 1.82) is 0 Å². The lowest BCUT2D eigenvalue weighted by molar-refractivity contribution is -0.131. The maximum absolute atomic E-state index is 14.2. The van der Waals surface area contributed by atoms with E-state index < -0.39 is 17.5 Å². The van der Waals surface area contributed by atoms with Gasteiger partial charge in [0.05, 0.1) is 5.56 Å². The fourth-order valence-corrected chi connectivity index (χ4v) is 4.00. The van der Waals surface area contributed by atoms with E-state index in [1.807, 2.05) is 13.0 Å². The molecule has 1 N–H and O–H groups in total. The molecular formula is C23H22FN3O3. The van der Waals surface area contributed by atoms with Crippen molar-refractivity contribution in [2.24, 2.45) is 0 Å². The standard InChI is InChI=1S/C23H22FN3O3/c1-14-13-27(15(2)12-26(14)22(29)16-7-4-3-5-8-16)23(30)21(28)17-11-25-19-10-6-9-18(24)20(17)19/h3-11,14-15,25H,12-13H2,1-2H3/t14-,15+/m1/s1. The molecule has 1 aliphatic heterocycles. The molecule has 0 aliphatic carbocycles. The molecule has 154 valence electrons. The van der Waals surface area contributed by atoms with Crippen LogP contribution in [-0.4, -0.2) is 57.6 Å². The molecule has 2 atom stereocenters. The van der Waals surface area contributed by atoms with Crippen molar-refractivity contribution in [2.45, 2.75) is 25.9 Å². The highest BCUT2D eigenvalue weighted by Gasteiger charge is 2.37. The van der Waals surface area contributed by atoms with Crippen LogP contribution >= 0.6 is 0 Å². The molecule has 30 heavy (non-hydrogen) atoms. The minimum atomic E-state index is -0.756. The number of hydrogen-bond donors (Lipinski definition) is 1. The van der Waals surface area contributed by atoms with Crippen LogP contribution in [0.25, 0.3) is 10.9 Å². The van der Waals surface area contributed by atoms with Crippen molar-refractivity contribution in [2.75, 3.05) is 13.1 Å². The summed E-state index contributed by atoms with van der Waals surface area (Å²) in [5, 5.41) is 0.120. The van der Waals surface area contributed by atoms with Crippen LogP contribution in [0.3, 0.4) is 0 Å². The van der Waals surface area contributed by atoms with E-state index in [1.165, 1.54) is 23.2 Å². The van der Waals surface area contributed by atoms with Gasteiger partial charge in [-0.25, -0.2) is 4.39 Å². The molecule has 6 nitrogen and oxygen atoms in total. The van der Waals surface area contributed by atoms with Gasteiger partial charge in [-0.05, 0) is 38.1 Å². The zero-order valence-corrected chi connectivity index (χ0v) is 16.8. The van der Waals surface area contributed by atoms with Crippen LogP contribution in [0.5, 0.6) is 0 Å². The Hall–Kier alpha value is -3.48. The fraction of sp³-hybridized carbons (Fsp3) is 0.261. The second-order valence-electron chi connectivity index (χ2n) is 7.67. The highest BCUT2D eigenvalue weighted by molar-refractivity contribution is 6.45. The van der Waals surface area contributed by atoms with Gasteiger partial charge < -0.3 is 14.8 Å². The van der Waals surface area contributed by atoms with Crippen LogP contribution in [0.4, 0.5) is 4.39 Å². The lowest BCUT2D eigenvalue weighted by Crippen LogP contribution is -2.60.